The van der Waals surface area contributed by atoms with Crippen LogP contribution in [0.25, 0.3) is 0 Å². The predicted molar refractivity (Wildman–Crippen MR) is 167 cm³/mol. The molecule has 3 aromatic rings. The van der Waals surface area contributed by atoms with Gasteiger partial charge in [-0.3, -0.25) is 14.4 Å². The Balaban J connectivity index is 1.81. The first-order chi connectivity index (χ1) is 21.7. The first-order valence-corrected chi connectivity index (χ1v) is 14.6. The number of methoxy groups -OCH3 is 2. The SMILES string of the molecule is COc1cccc([C@H]2O[C@H](CC(=O)Nc3cc(C(=O)O)ccc3F)C(=O)N(CC(C)(C)COC(C)=O)c3ccc(Cl)cc32)c1OC. The van der Waals surface area contributed by atoms with Gasteiger partial charge < -0.3 is 34.3 Å². The van der Waals surface area contributed by atoms with Crippen LogP contribution in [0.1, 0.15) is 54.8 Å². The van der Waals surface area contributed by atoms with Gasteiger partial charge in [-0.1, -0.05) is 37.6 Å². The molecule has 0 aliphatic carbocycles. The van der Waals surface area contributed by atoms with E-state index in [2.05, 4.69) is 5.32 Å². The minimum absolute atomic E-state index is 0.00657. The first kappa shape index (κ1) is 34.2. The number of para-hydroxylation sites is 1. The Hall–Kier alpha value is -4.68. The average molecular weight is 657 g/mol. The predicted octanol–water partition coefficient (Wildman–Crippen LogP) is 5.63. The Kier molecular flexibility index (Phi) is 10.5. The lowest BCUT2D eigenvalue weighted by Crippen LogP contribution is -2.46. The fourth-order valence-electron chi connectivity index (χ4n) is 5.12. The third-order valence-electron chi connectivity index (χ3n) is 7.23. The molecule has 2 amide bonds. The van der Waals surface area contributed by atoms with Crippen LogP contribution in [0.3, 0.4) is 0 Å². The van der Waals surface area contributed by atoms with Gasteiger partial charge in [-0.25, -0.2) is 9.18 Å². The van der Waals surface area contributed by atoms with E-state index in [0.717, 1.165) is 18.2 Å². The lowest BCUT2D eigenvalue weighted by molar-refractivity contribution is -0.144. The van der Waals surface area contributed by atoms with Crippen LogP contribution in [0.2, 0.25) is 5.02 Å². The normalized spacial score (nSPS) is 16.2. The van der Waals surface area contributed by atoms with Crippen molar-refractivity contribution in [2.75, 3.05) is 37.6 Å². The van der Waals surface area contributed by atoms with Gasteiger partial charge in [0, 0.05) is 40.7 Å². The van der Waals surface area contributed by atoms with E-state index in [0.29, 0.717) is 33.3 Å². The molecule has 0 saturated carbocycles. The number of benzene rings is 3. The van der Waals surface area contributed by atoms with E-state index in [1.807, 2.05) is 13.8 Å². The van der Waals surface area contributed by atoms with Gasteiger partial charge in [-0.05, 0) is 42.5 Å². The van der Waals surface area contributed by atoms with Crippen LogP contribution >= 0.6 is 11.6 Å². The van der Waals surface area contributed by atoms with Crippen LogP contribution in [0.15, 0.2) is 54.6 Å². The summed E-state index contributed by atoms with van der Waals surface area (Å²) < 4.78 is 37.5. The van der Waals surface area contributed by atoms with Crippen molar-refractivity contribution in [3.8, 4) is 11.5 Å². The summed E-state index contributed by atoms with van der Waals surface area (Å²) >= 11 is 6.46. The number of hydrogen-bond donors (Lipinski definition) is 2. The maximum absolute atomic E-state index is 14.6. The highest BCUT2D eigenvalue weighted by Gasteiger charge is 2.41. The van der Waals surface area contributed by atoms with E-state index in [1.54, 1.807) is 36.4 Å². The second kappa shape index (κ2) is 14.2. The molecule has 46 heavy (non-hydrogen) atoms. The average Bonchev–Trinajstić information content (AvgIpc) is 3.10. The van der Waals surface area contributed by atoms with Gasteiger partial charge in [-0.2, -0.15) is 0 Å². The van der Waals surface area contributed by atoms with Crippen molar-refractivity contribution in [2.45, 2.75) is 39.4 Å². The van der Waals surface area contributed by atoms with Gasteiger partial charge in [0.2, 0.25) is 5.91 Å². The molecule has 2 atom stereocenters. The lowest BCUT2D eigenvalue weighted by atomic mass is 9.92. The largest absolute Gasteiger partial charge is 0.493 e. The molecule has 2 N–H and O–H groups in total. The van der Waals surface area contributed by atoms with Gasteiger partial charge >= 0.3 is 11.9 Å². The van der Waals surface area contributed by atoms with E-state index in [4.69, 9.17) is 30.5 Å². The number of hydrogen-bond acceptors (Lipinski definition) is 8. The number of fused-ring (bicyclic) bond motifs is 1. The molecule has 0 bridgehead atoms. The molecule has 0 saturated heterocycles. The number of nitrogens with zero attached hydrogens (tertiary/aromatic N) is 1. The number of ether oxygens (including phenoxy) is 4. The molecule has 3 aromatic carbocycles. The van der Waals surface area contributed by atoms with Crippen molar-refractivity contribution in [3.63, 3.8) is 0 Å². The number of anilines is 2. The van der Waals surface area contributed by atoms with Crippen LogP contribution < -0.4 is 19.7 Å². The summed E-state index contributed by atoms with van der Waals surface area (Å²) in [4.78, 5) is 52.1. The van der Waals surface area contributed by atoms with Crippen LogP contribution in [-0.4, -0.2) is 62.3 Å². The third-order valence-corrected chi connectivity index (χ3v) is 7.47. The Morgan fingerprint density at radius 3 is 2.46 bits per heavy atom. The standard InChI is InChI=1S/C33H34ClFN2O9/c1-18(38)45-17-33(2,3)16-37-25-12-10-20(34)14-22(25)29(21-7-6-8-26(43-4)30(21)44-5)46-27(31(37)40)15-28(39)36-24-13-19(32(41)42)9-11-23(24)35/h6-14,27,29H,15-17H2,1-5H3,(H,36,39)(H,41,42)/t27-,29-/m1/s1. The fraction of sp³-hybridized carbons (Fsp3) is 0.333. The number of carboxylic acids is 1. The molecule has 244 valence electrons. The van der Waals surface area contributed by atoms with Gasteiger partial charge in [0.15, 0.2) is 11.5 Å². The topological polar surface area (TPSA) is 141 Å². The molecule has 1 aliphatic rings. The Bertz CT molecular complexity index is 1660. The van der Waals surface area contributed by atoms with Gasteiger partial charge in [-0.15, -0.1) is 0 Å². The molecule has 11 nitrogen and oxygen atoms in total. The number of carbonyl (C=O) groups is 4. The molecule has 4 rings (SSSR count). The summed E-state index contributed by atoms with van der Waals surface area (Å²) in [6.07, 6.45) is -3.00. The van der Waals surface area contributed by atoms with Crippen LogP contribution in [0.5, 0.6) is 11.5 Å². The van der Waals surface area contributed by atoms with Gasteiger partial charge in [0.1, 0.15) is 18.0 Å². The van der Waals surface area contributed by atoms with E-state index in [9.17, 15) is 28.7 Å². The lowest BCUT2D eigenvalue weighted by Gasteiger charge is -2.33. The molecule has 0 unspecified atom stereocenters. The molecule has 0 spiro atoms. The van der Waals surface area contributed by atoms with Gasteiger partial charge in [0.25, 0.3) is 5.91 Å². The molecule has 0 fully saturated rings. The van der Waals surface area contributed by atoms with Crippen molar-refractivity contribution >= 4 is 46.7 Å². The van der Waals surface area contributed by atoms with Crippen molar-refractivity contribution in [1.29, 1.82) is 0 Å². The second-order valence-corrected chi connectivity index (χ2v) is 11.8. The monoisotopic (exact) mass is 656 g/mol. The number of carbonyl (C=O) groups excluding carboxylic acids is 3. The fourth-order valence-corrected chi connectivity index (χ4v) is 5.30. The summed E-state index contributed by atoms with van der Waals surface area (Å²) in [6.45, 7) is 4.95. The molecule has 13 heteroatoms. The number of amides is 2. The summed E-state index contributed by atoms with van der Waals surface area (Å²) in [6, 6.07) is 13.0. The number of esters is 1. The zero-order valence-corrected chi connectivity index (χ0v) is 26.6. The zero-order valence-electron chi connectivity index (χ0n) is 25.9. The highest BCUT2D eigenvalue weighted by Crippen LogP contribution is 2.45. The summed E-state index contributed by atoms with van der Waals surface area (Å²) in [7, 11) is 2.93. The van der Waals surface area contributed by atoms with Crippen molar-refractivity contribution in [2.24, 2.45) is 5.41 Å². The van der Waals surface area contributed by atoms with Crippen molar-refractivity contribution < 1.29 is 47.6 Å². The highest BCUT2D eigenvalue weighted by molar-refractivity contribution is 6.30. The highest BCUT2D eigenvalue weighted by atomic mass is 35.5. The van der Waals surface area contributed by atoms with Crippen LogP contribution in [-0.2, 0) is 23.9 Å². The summed E-state index contributed by atoms with van der Waals surface area (Å²) in [5.74, 6) is -3.33. The number of halogens is 2. The molecular formula is C33H34ClFN2O9. The van der Waals surface area contributed by atoms with E-state index >= 15 is 0 Å². The maximum atomic E-state index is 14.6. The Morgan fingerprint density at radius 2 is 1.80 bits per heavy atom. The van der Waals surface area contributed by atoms with Gasteiger partial charge in [0.05, 0.1) is 38.5 Å². The molecule has 0 aromatic heterocycles. The van der Waals surface area contributed by atoms with Crippen molar-refractivity contribution in [1.82, 2.24) is 0 Å². The summed E-state index contributed by atoms with van der Waals surface area (Å²) in [5, 5.41) is 12.0. The number of rotatable bonds is 11. The van der Waals surface area contributed by atoms with E-state index in [-0.39, 0.29) is 24.4 Å². The molecular weight excluding hydrogens is 623 g/mol. The van der Waals surface area contributed by atoms with E-state index in [1.165, 1.54) is 26.0 Å². The van der Waals surface area contributed by atoms with Crippen LogP contribution in [0.4, 0.5) is 15.8 Å². The second-order valence-electron chi connectivity index (χ2n) is 11.4. The number of nitrogens with one attached hydrogen (secondary N) is 1. The maximum Gasteiger partial charge on any atom is 0.335 e. The van der Waals surface area contributed by atoms with E-state index < -0.39 is 53.6 Å². The summed E-state index contributed by atoms with van der Waals surface area (Å²) in [5.41, 5.74) is 0.0365. The van der Waals surface area contributed by atoms with Crippen LogP contribution in [0, 0.1) is 11.2 Å². The third kappa shape index (κ3) is 7.75. The molecule has 1 aliphatic heterocycles. The molecule has 1 heterocycles. The first-order valence-electron chi connectivity index (χ1n) is 14.2. The minimum Gasteiger partial charge on any atom is -0.493 e. The minimum atomic E-state index is -1.43. The smallest absolute Gasteiger partial charge is 0.335 e. The number of carboxylic acid groups (broad SMARTS) is 1. The zero-order chi connectivity index (χ0) is 33.8. The Labute approximate surface area is 270 Å². The Morgan fingerprint density at radius 1 is 1.07 bits per heavy atom. The van der Waals surface area contributed by atoms with Crippen molar-refractivity contribution in [3.05, 3.63) is 82.1 Å². The molecule has 0 radical (unpaired) electrons. The quantitative estimate of drug-likeness (QED) is 0.251. The number of aromatic carboxylic acids is 1.